The Kier molecular flexibility index (Phi) is 11.1. The van der Waals surface area contributed by atoms with Crippen LogP contribution in [-0.2, 0) is 9.53 Å². The first-order valence-electron chi connectivity index (χ1n) is 6.17. The largest absolute Gasteiger partial charge is 0.466 e. The van der Waals surface area contributed by atoms with Crippen LogP contribution in [0.2, 0.25) is 0 Å². The van der Waals surface area contributed by atoms with Gasteiger partial charge in [-0.05, 0) is 25.8 Å². The van der Waals surface area contributed by atoms with Crippen LogP contribution in [0.3, 0.4) is 0 Å². The maximum atomic E-state index is 11.2. The minimum atomic E-state index is -0.0396. The summed E-state index contributed by atoms with van der Waals surface area (Å²) < 4.78 is 5.05. The maximum Gasteiger partial charge on any atom is 0.305 e. The normalized spacial score (nSPS) is 10.3. The molecule has 0 rings (SSSR count). The van der Waals surface area contributed by atoms with Crippen LogP contribution < -0.4 is 5.73 Å². The quantitative estimate of drug-likeness (QED) is 0.450. The predicted molar refractivity (Wildman–Crippen MR) is 62.6 cm³/mol. The SMILES string of the molecule is CCCCOC(=O)CCCCCCCN. The molecule has 0 radical (unpaired) electrons. The lowest BCUT2D eigenvalue weighted by Gasteiger charge is -2.03. The number of unbranched alkanes of at least 4 members (excludes halogenated alkanes) is 5. The Labute approximate surface area is 93.4 Å². The molecular formula is C12H25NO2. The molecule has 0 aromatic rings. The number of rotatable bonds is 10. The highest BCUT2D eigenvalue weighted by Gasteiger charge is 2.01. The van der Waals surface area contributed by atoms with Crippen LogP contribution in [0.4, 0.5) is 0 Å². The first kappa shape index (κ1) is 14.4. The molecule has 0 fully saturated rings. The second-order valence-electron chi connectivity index (χ2n) is 3.88. The Morgan fingerprint density at radius 1 is 1.07 bits per heavy atom. The number of carbonyl (C=O) groups is 1. The van der Waals surface area contributed by atoms with Crippen molar-refractivity contribution in [2.75, 3.05) is 13.2 Å². The molecule has 2 N–H and O–H groups in total. The molecule has 0 saturated carbocycles. The van der Waals surface area contributed by atoms with Crippen molar-refractivity contribution < 1.29 is 9.53 Å². The first-order valence-corrected chi connectivity index (χ1v) is 6.17. The number of carbonyl (C=O) groups excluding carboxylic acids is 1. The van der Waals surface area contributed by atoms with Crippen molar-refractivity contribution in [2.24, 2.45) is 5.73 Å². The Balaban J connectivity index is 3.10. The van der Waals surface area contributed by atoms with Gasteiger partial charge in [0.15, 0.2) is 0 Å². The standard InChI is InChI=1S/C12H25NO2/c1-2-3-11-15-12(14)9-7-5-4-6-8-10-13/h2-11,13H2,1H3. The van der Waals surface area contributed by atoms with E-state index in [4.69, 9.17) is 10.5 Å². The van der Waals surface area contributed by atoms with Gasteiger partial charge in [0.2, 0.25) is 0 Å². The lowest BCUT2D eigenvalue weighted by atomic mass is 10.1. The molecule has 90 valence electrons. The fourth-order valence-corrected chi connectivity index (χ4v) is 1.35. The summed E-state index contributed by atoms with van der Waals surface area (Å²) in [5, 5.41) is 0. The van der Waals surface area contributed by atoms with Crippen molar-refractivity contribution >= 4 is 5.97 Å². The molecule has 3 nitrogen and oxygen atoms in total. The van der Waals surface area contributed by atoms with Gasteiger partial charge < -0.3 is 10.5 Å². The zero-order valence-electron chi connectivity index (χ0n) is 9.96. The van der Waals surface area contributed by atoms with Crippen molar-refractivity contribution in [1.29, 1.82) is 0 Å². The average molecular weight is 215 g/mol. The van der Waals surface area contributed by atoms with Crippen molar-refractivity contribution in [1.82, 2.24) is 0 Å². The maximum absolute atomic E-state index is 11.2. The second kappa shape index (κ2) is 11.5. The van der Waals surface area contributed by atoms with Gasteiger partial charge in [-0.25, -0.2) is 0 Å². The van der Waals surface area contributed by atoms with E-state index in [1.165, 1.54) is 12.8 Å². The highest BCUT2D eigenvalue weighted by molar-refractivity contribution is 5.69. The summed E-state index contributed by atoms with van der Waals surface area (Å²) in [5.74, 6) is -0.0396. The zero-order chi connectivity index (χ0) is 11.4. The van der Waals surface area contributed by atoms with Crippen LogP contribution in [0.5, 0.6) is 0 Å². The molecule has 0 aliphatic rings. The molecule has 0 spiro atoms. The summed E-state index contributed by atoms with van der Waals surface area (Å²) in [6.45, 7) is 3.45. The number of hydrogen-bond donors (Lipinski definition) is 1. The number of esters is 1. The van der Waals surface area contributed by atoms with E-state index in [2.05, 4.69) is 6.92 Å². The average Bonchev–Trinajstić information content (AvgIpc) is 2.23. The van der Waals surface area contributed by atoms with E-state index in [1.807, 2.05) is 0 Å². The highest BCUT2D eigenvalue weighted by Crippen LogP contribution is 2.05. The van der Waals surface area contributed by atoms with E-state index in [-0.39, 0.29) is 5.97 Å². The minimum absolute atomic E-state index is 0.0396. The lowest BCUT2D eigenvalue weighted by Crippen LogP contribution is -2.05. The molecule has 3 heteroatoms. The van der Waals surface area contributed by atoms with Crippen molar-refractivity contribution in [3.05, 3.63) is 0 Å². The van der Waals surface area contributed by atoms with Crippen LogP contribution in [-0.4, -0.2) is 19.1 Å². The fraction of sp³-hybridized carbons (Fsp3) is 0.917. The van der Waals surface area contributed by atoms with E-state index in [0.717, 1.165) is 38.6 Å². The van der Waals surface area contributed by atoms with Gasteiger partial charge in [-0.2, -0.15) is 0 Å². The summed E-state index contributed by atoms with van der Waals surface area (Å²) >= 11 is 0. The molecule has 0 heterocycles. The van der Waals surface area contributed by atoms with Gasteiger partial charge in [-0.15, -0.1) is 0 Å². The minimum Gasteiger partial charge on any atom is -0.466 e. The van der Waals surface area contributed by atoms with Gasteiger partial charge in [0.25, 0.3) is 0 Å². The van der Waals surface area contributed by atoms with Crippen LogP contribution in [0.1, 0.15) is 58.3 Å². The van der Waals surface area contributed by atoms with Crippen molar-refractivity contribution in [3.8, 4) is 0 Å². The van der Waals surface area contributed by atoms with Gasteiger partial charge in [-0.1, -0.05) is 32.6 Å². The molecule has 0 bridgehead atoms. The van der Waals surface area contributed by atoms with Crippen molar-refractivity contribution in [3.63, 3.8) is 0 Å². The number of ether oxygens (including phenoxy) is 1. The first-order chi connectivity index (χ1) is 7.31. The van der Waals surface area contributed by atoms with Gasteiger partial charge in [0.1, 0.15) is 0 Å². The Morgan fingerprint density at radius 3 is 2.40 bits per heavy atom. The monoisotopic (exact) mass is 215 g/mol. The summed E-state index contributed by atoms with van der Waals surface area (Å²) in [5.41, 5.74) is 5.39. The highest BCUT2D eigenvalue weighted by atomic mass is 16.5. The van der Waals surface area contributed by atoms with Gasteiger partial charge in [0, 0.05) is 6.42 Å². The smallest absolute Gasteiger partial charge is 0.305 e. The zero-order valence-corrected chi connectivity index (χ0v) is 9.96. The molecular weight excluding hydrogens is 190 g/mol. The Morgan fingerprint density at radius 2 is 1.73 bits per heavy atom. The van der Waals surface area contributed by atoms with E-state index in [9.17, 15) is 4.79 Å². The summed E-state index contributed by atoms with van der Waals surface area (Å²) in [7, 11) is 0. The van der Waals surface area contributed by atoms with E-state index < -0.39 is 0 Å². The summed E-state index contributed by atoms with van der Waals surface area (Å²) in [6, 6.07) is 0. The molecule has 0 aliphatic heterocycles. The third kappa shape index (κ3) is 11.4. The lowest BCUT2D eigenvalue weighted by molar-refractivity contribution is -0.143. The van der Waals surface area contributed by atoms with E-state index in [1.54, 1.807) is 0 Å². The van der Waals surface area contributed by atoms with Gasteiger partial charge >= 0.3 is 5.97 Å². The van der Waals surface area contributed by atoms with Crippen LogP contribution in [0.15, 0.2) is 0 Å². The molecule has 0 aliphatic carbocycles. The number of nitrogens with two attached hydrogens (primary N) is 1. The fourth-order valence-electron chi connectivity index (χ4n) is 1.35. The van der Waals surface area contributed by atoms with E-state index in [0.29, 0.717) is 13.0 Å². The van der Waals surface area contributed by atoms with E-state index >= 15 is 0 Å². The third-order valence-corrected chi connectivity index (χ3v) is 2.35. The second-order valence-corrected chi connectivity index (χ2v) is 3.88. The summed E-state index contributed by atoms with van der Waals surface area (Å²) in [4.78, 5) is 11.2. The van der Waals surface area contributed by atoms with Crippen molar-refractivity contribution in [2.45, 2.75) is 58.3 Å². The Bertz CT molecular complexity index is 149. The Hall–Kier alpha value is -0.570. The molecule has 0 unspecified atom stereocenters. The molecule has 0 saturated heterocycles. The number of hydrogen-bond acceptors (Lipinski definition) is 3. The van der Waals surface area contributed by atoms with Crippen LogP contribution in [0, 0.1) is 0 Å². The van der Waals surface area contributed by atoms with Gasteiger partial charge in [-0.3, -0.25) is 4.79 Å². The van der Waals surface area contributed by atoms with Crippen LogP contribution in [0.25, 0.3) is 0 Å². The predicted octanol–water partition coefficient (Wildman–Crippen LogP) is 2.63. The third-order valence-electron chi connectivity index (χ3n) is 2.35. The molecule has 0 aromatic heterocycles. The van der Waals surface area contributed by atoms with Gasteiger partial charge in [0.05, 0.1) is 6.61 Å². The topological polar surface area (TPSA) is 52.3 Å². The molecule has 0 amide bonds. The molecule has 0 aromatic carbocycles. The molecule has 15 heavy (non-hydrogen) atoms. The van der Waals surface area contributed by atoms with Crippen LogP contribution >= 0.6 is 0 Å². The molecule has 0 atom stereocenters. The summed E-state index contributed by atoms with van der Waals surface area (Å²) in [6.07, 6.45) is 8.15.